The van der Waals surface area contributed by atoms with Gasteiger partial charge in [0.15, 0.2) is 0 Å². The number of rotatable bonds is 1. The van der Waals surface area contributed by atoms with Crippen molar-refractivity contribution in [3.8, 4) is 0 Å². The summed E-state index contributed by atoms with van der Waals surface area (Å²) in [5, 5.41) is 5.56. The summed E-state index contributed by atoms with van der Waals surface area (Å²) in [6.07, 6.45) is 1.86. The molecule has 0 amide bonds. The van der Waals surface area contributed by atoms with E-state index in [1.54, 1.807) is 0 Å². The zero-order valence-corrected chi connectivity index (χ0v) is 12.5. The molecular formula is C14H17BrN4. The molecule has 0 bridgehead atoms. The second kappa shape index (κ2) is 4.98. The van der Waals surface area contributed by atoms with Crippen LogP contribution in [0.25, 0.3) is 10.8 Å². The van der Waals surface area contributed by atoms with E-state index in [9.17, 15) is 0 Å². The van der Waals surface area contributed by atoms with Crippen LogP contribution in [-0.4, -0.2) is 31.2 Å². The lowest BCUT2D eigenvalue weighted by atomic mass is 10.1. The van der Waals surface area contributed by atoms with Gasteiger partial charge in [0.2, 0.25) is 0 Å². The smallest absolute Gasteiger partial charge is 0.136 e. The highest BCUT2D eigenvalue weighted by Gasteiger charge is 2.17. The van der Waals surface area contributed by atoms with Crippen molar-refractivity contribution in [1.29, 1.82) is 0 Å². The molecule has 4 nitrogen and oxygen atoms in total. The summed E-state index contributed by atoms with van der Waals surface area (Å²) in [6, 6.07) is 4.19. The van der Waals surface area contributed by atoms with Gasteiger partial charge in [-0.25, -0.2) is 4.98 Å². The van der Waals surface area contributed by atoms with Crippen molar-refractivity contribution in [3.05, 3.63) is 28.4 Å². The van der Waals surface area contributed by atoms with Gasteiger partial charge in [0.1, 0.15) is 5.82 Å². The number of nitrogen functional groups attached to an aromatic ring is 1. The van der Waals surface area contributed by atoms with Gasteiger partial charge in [-0.2, -0.15) is 0 Å². The Morgan fingerprint density at radius 3 is 2.79 bits per heavy atom. The number of hydrogen-bond donors (Lipinski definition) is 2. The molecular weight excluding hydrogens is 304 g/mol. The van der Waals surface area contributed by atoms with Crippen LogP contribution in [0, 0.1) is 6.92 Å². The van der Waals surface area contributed by atoms with Crippen LogP contribution in [0.2, 0.25) is 0 Å². The lowest BCUT2D eigenvalue weighted by Crippen LogP contribution is -2.44. The molecule has 3 N–H and O–H groups in total. The van der Waals surface area contributed by atoms with E-state index in [1.165, 1.54) is 0 Å². The molecule has 2 heterocycles. The van der Waals surface area contributed by atoms with E-state index in [0.29, 0.717) is 0 Å². The number of aromatic nitrogens is 1. The summed E-state index contributed by atoms with van der Waals surface area (Å²) < 4.78 is 0.961. The Kier molecular flexibility index (Phi) is 3.33. The minimum atomic E-state index is 0.836. The van der Waals surface area contributed by atoms with E-state index in [0.717, 1.165) is 58.5 Å². The lowest BCUT2D eigenvalue weighted by molar-refractivity contribution is 0.586. The van der Waals surface area contributed by atoms with Crippen molar-refractivity contribution < 1.29 is 0 Å². The Labute approximate surface area is 121 Å². The van der Waals surface area contributed by atoms with Crippen LogP contribution < -0.4 is 16.0 Å². The van der Waals surface area contributed by atoms with Crippen LogP contribution in [-0.2, 0) is 0 Å². The van der Waals surface area contributed by atoms with Gasteiger partial charge >= 0.3 is 0 Å². The zero-order valence-electron chi connectivity index (χ0n) is 10.9. The quantitative estimate of drug-likeness (QED) is 0.792. The maximum Gasteiger partial charge on any atom is 0.136 e. The molecule has 0 saturated carbocycles. The number of hydrogen-bond acceptors (Lipinski definition) is 4. The SMILES string of the molecule is Cc1ccc2c(N3CCNCC3)ncc(Br)c2c1N. The molecule has 1 aromatic carbocycles. The van der Waals surface area contributed by atoms with Crippen LogP contribution in [0.5, 0.6) is 0 Å². The Hall–Kier alpha value is -1.33. The third-order valence-electron chi connectivity index (χ3n) is 3.66. The van der Waals surface area contributed by atoms with Crippen molar-refractivity contribution in [3.63, 3.8) is 0 Å². The molecule has 100 valence electrons. The molecule has 3 rings (SSSR count). The fourth-order valence-corrected chi connectivity index (χ4v) is 3.08. The summed E-state index contributed by atoms with van der Waals surface area (Å²) in [7, 11) is 0. The maximum atomic E-state index is 6.23. The molecule has 1 aromatic heterocycles. The van der Waals surface area contributed by atoms with Gasteiger partial charge in [-0.15, -0.1) is 0 Å². The largest absolute Gasteiger partial charge is 0.398 e. The van der Waals surface area contributed by atoms with Crippen LogP contribution >= 0.6 is 15.9 Å². The van der Waals surface area contributed by atoms with Gasteiger partial charge in [-0.1, -0.05) is 12.1 Å². The van der Waals surface area contributed by atoms with Crippen LogP contribution in [0.15, 0.2) is 22.8 Å². The Morgan fingerprint density at radius 1 is 1.32 bits per heavy atom. The van der Waals surface area contributed by atoms with Crippen molar-refractivity contribution in [1.82, 2.24) is 10.3 Å². The zero-order chi connectivity index (χ0) is 13.4. The van der Waals surface area contributed by atoms with E-state index in [-0.39, 0.29) is 0 Å². The normalized spacial score (nSPS) is 16.0. The number of nitrogens with one attached hydrogen (secondary N) is 1. The van der Waals surface area contributed by atoms with Crippen molar-refractivity contribution in [2.24, 2.45) is 0 Å². The second-order valence-electron chi connectivity index (χ2n) is 4.89. The minimum absolute atomic E-state index is 0.836. The third-order valence-corrected chi connectivity index (χ3v) is 4.26. The summed E-state index contributed by atoms with van der Waals surface area (Å²) in [6.45, 7) is 6.00. The molecule has 1 aliphatic rings. The summed E-state index contributed by atoms with van der Waals surface area (Å²) >= 11 is 3.57. The molecule has 0 atom stereocenters. The first kappa shape index (κ1) is 12.7. The van der Waals surface area contributed by atoms with E-state index >= 15 is 0 Å². The molecule has 1 fully saturated rings. The van der Waals surface area contributed by atoms with Crippen molar-refractivity contribution >= 4 is 38.2 Å². The van der Waals surface area contributed by atoms with Crippen molar-refractivity contribution in [2.75, 3.05) is 36.8 Å². The summed E-state index contributed by atoms with van der Waals surface area (Å²) in [4.78, 5) is 6.92. The molecule has 0 aliphatic carbocycles. The van der Waals surface area contributed by atoms with E-state index in [2.05, 4.69) is 43.3 Å². The monoisotopic (exact) mass is 320 g/mol. The third kappa shape index (κ3) is 2.17. The van der Waals surface area contributed by atoms with Gasteiger partial charge < -0.3 is 16.0 Å². The average molecular weight is 321 g/mol. The number of piperazine rings is 1. The highest BCUT2D eigenvalue weighted by Crippen LogP contribution is 2.35. The molecule has 2 aromatic rings. The van der Waals surface area contributed by atoms with Crippen LogP contribution in [0.1, 0.15) is 5.56 Å². The molecule has 0 radical (unpaired) electrons. The number of nitrogens with two attached hydrogens (primary N) is 1. The Balaban J connectivity index is 2.21. The first-order valence-corrected chi connectivity index (χ1v) is 7.26. The second-order valence-corrected chi connectivity index (χ2v) is 5.74. The first-order valence-electron chi connectivity index (χ1n) is 6.47. The van der Waals surface area contributed by atoms with Crippen molar-refractivity contribution in [2.45, 2.75) is 6.92 Å². The number of benzene rings is 1. The number of halogens is 1. The first-order chi connectivity index (χ1) is 9.18. The van der Waals surface area contributed by atoms with Gasteiger partial charge in [0.05, 0.1) is 0 Å². The Bertz CT molecular complexity index is 620. The average Bonchev–Trinajstić information content (AvgIpc) is 2.44. The molecule has 5 heteroatoms. The standard InChI is InChI=1S/C14H17BrN4/c1-9-2-3-10-12(13(9)16)11(15)8-18-14(10)19-6-4-17-5-7-19/h2-3,8,17H,4-7,16H2,1H3. The van der Waals surface area contributed by atoms with Crippen LogP contribution in [0.4, 0.5) is 11.5 Å². The number of anilines is 2. The number of nitrogens with zero attached hydrogens (tertiary/aromatic N) is 2. The van der Waals surface area contributed by atoms with E-state index in [1.807, 2.05) is 13.1 Å². The summed E-state index contributed by atoms with van der Waals surface area (Å²) in [5.74, 6) is 1.03. The fraction of sp³-hybridized carbons (Fsp3) is 0.357. The maximum absolute atomic E-state index is 6.23. The van der Waals surface area contributed by atoms with Gasteiger partial charge in [-0.3, -0.25) is 0 Å². The molecule has 1 saturated heterocycles. The predicted molar refractivity (Wildman–Crippen MR) is 83.7 cm³/mol. The van der Waals surface area contributed by atoms with E-state index < -0.39 is 0 Å². The molecule has 0 spiro atoms. The highest BCUT2D eigenvalue weighted by molar-refractivity contribution is 9.10. The minimum Gasteiger partial charge on any atom is -0.398 e. The molecule has 1 aliphatic heterocycles. The molecule has 19 heavy (non-hydrogen) atoms. The lowest BCUT2D eigenvalue weighted by Gasteiger charge is -2.29. The predicted octanol–water partition coefficient (Wildman–Crippen LogP) is 2.30. The van der Waals surface area contributed by atoms with Gasteiger partial charge in [-0.05, 0) is 28.4 Å². The Morgan fingerprint density at radius 2 is 2.05 bits per heavy atom. The van der Waals surface area contributed by atoms with Crippen LogP contribution in [0.3, 0.4) is 0 Å². The fourth-order valence-electron chi connectivity index (χ4n) is 2.55. The number of pyridine rings is 1. The van der Waals surface area contributed by atoms with Gasteiger partial charge in [0.25, 0.3) is 0 Å². The summed E-state index contributed by atoms with van der Waals surface area (Å²) in [5.41, 5.74) is 8.17. The highest BCUT2D eigenvalue weighted by atomic mass is 79.9. The number of fused-ring (bicyclic) bond motifs is 1. The molecule has 0 unspecified atom stereocenters. The van der Waals surface area contributed by atoms with Gasteiger partial charge in [0, 0.05) is 53.3 Å². The topological polar surface area (TPSA) is 54.2 Å². The van der Waals surface area contributed by atoms with E-state index in [4.69, 9.17) is 5.73 Å². The number of aryl methyl sites for hydroxylation is 1.